The Bertz CT molecular complexity index is 844. The van der Waals surface area contributed by atoms with E-state index in [9.17, 15) is 9.50 Å². The van der Waals surface area contributed by atoms with Crippen LogP contribution in [0.4, 0.5) is 15.8 Å². The summed E-state index contributed by atoms with van der Waals surface area (Å²) in [5.41, 5.74) is 1.18. The molecule has 0 radical (unpaired) electrons. The second-order valence-electron chi connectivity index (χ2n) is 4.31. The maximum Gasteiger partial charge on any atom is 0.218 e. The molecule has 0 fully saturated rings. The van der Waals surface area contributed by atoms with E-state index in [1.165, 1.54) is 12.1 Å². The number of hydrogen-bond acceptors (Lipinski definition) is 3. The fourth-order valence-electron chi connectivity index (χ4n) is 1.88. The van der Waals surface area contributed by atoms with E-state index in [4.69, 9.17) is 23.2 Å². The number of nitrogens with zero attached hydrogens (tertiary/aromatic N) is 2. The molecule has 0 aliphatic heterocycles. The first-order valence-corrected chi connectivity index (χ1v) is 6.67. The minimum Gasteiger partial charge on any atom is -0.493 e. The van der Waals surface area contributed by atoms with Gasteiger partial charge in [-0.05, 0) is 36.4 Å². The molecule has 0 saturated carbocycles. The van der Waals surface area contributed by atoms with Crippen molar-refractivity contribution in [1.29, 1.82) is 0 Å². The molecule has 106 valence electrons. The zero-order chi connectivity index (χ0) is 15.0. The lowest BCUT2D eigenvalue weighted by molar-refractivity contribution is 0.459. The molecule has 0 bridgehead atoms. The van der Waals surface area contributed by atoms with E-state index in [1.807, 2.05) is 0 Å². The summed E-state index contributed by atoms with van der Waals surface area (Å²) >= 11 is 11.5. The topological polar surface area (TPSA) is 60.7 Å². The first kappa shape index (κ1) is 13.9. The largest absolute Gasteiger partial charge is 0.493 e. The molecule has 2 aromatic carbocycles. The quantitative estimate of drug-likeness (QED) is 0.581. The molecule has 0 aliphatic rings. The molecule has 21 heavy (non-hydrogen) atoms. The number of rotatable bonds is 2. The maximum absolute atomic E-state index is 13.5. The summed E-state index contributed by atoms with van der Waals surface area (Å²) in [6, 6.07) is 9.27. The van der Waals surface area contributed by atoms with Crippen molar-refractivity contribution in [2.75, 3.05) is 0 Å². The Hall–Kier alpha value is -2.11. The van der Waals surface area contributed by atoms with E-state index < -0.39 is 5.82 Å². The van der Waals surface area contributed by atoms with Crippen LogP contribution in [0.15, 0.2) is 46.6 Å². The maximum atomic E-state index is 13.5. The molecule has 0 aliphatic carbocycles. The zero-order valence-electron chi connectivity index (χ0n) is 10.4. The van der Waals surface area contributed by atoms with Gasteiger partial charge in [-0.1, -0.05) is 23.2 Å². The summed E-state index contributed by atoms with van der Waals surface area (Å²) in [5.74, 6) is -0.796. The molecule has 7 heteroatoms. The summed E-state index contributed by atoms with van der Waals surface area (Å²) in [7, 11) is 0. The molecule has 3 rings (SSSR count). The van der Waals surface area contributed by atoms with Gasteiger partial charge in [0.05, 0.1) is 16.2 Å². The lowest BCUT2D eigenvalue weighted by Gasteiger charge is -1.95. The molecule has 1 aromatic heterocycles. The minimum atomic E-state index is -0.592. The molecule has 0 saturated heterocycles. The van der Waals surface area contributed by atoms with Crippen LogP contribution in [0.25, 0.3) is 10.9 Å². The van der Waals surface area contributed by atoms with Crippen LogP contribution in [0.3, 0.4) is 0 Å². The Balaban J connectivity index is 2.05. The number of aromatic hydroxyl groups is 1. The van der Waals surface area contributed by atoms with Crippen LogP contribution in [0, 0.1) is 5.82 Å². The fourth-order valence-corrected chi connectivity index (χ4v) is 2.17. The van der Waals surface area contributed by atoms with E-state index in [-0.39, 0.29) is 16.6 Å². The Morgan fingerprint density at radius 2 is 1.76 bits per heavy atom. The number of hydrogen-bond donors (Lipinski definition) is 2. The van der Waals surface area contributed by atoms with Gasteiger partial charge in [-0.25, -0.2) is 4.39 Å². The first-order valence-electron chi connectivity index (χ1n) is 5.91. The zero-order valence-corrected chi connectivity index (χ0v) is 12.0. The van der Waals surface area contributed by atoms with Crippen LogP contribution in [0.5, 0.6) is 5.88 Å². The third-order valence-electron chi connectivity index (χ3n) is 2.89. The van der Waals surface area contributed by atoms with Crippen molar-refractivity contribution in [3.05, 3.63) is 52.3 Å². The average Bonchev–Trinajstić information content (AvgIpc) is 2.74. The van der Waals surface area contributed by atoms with E-state index >= 15 is 0 Å². The lowest BCUT2D eigenvalue weighted by atomic mass is 10.2. The van der Waals surface area contributed by atoms with Gasteiger partial charge in [0.25, 0.3) is 0 Å². The van der Waals surface area contributed by atoms with E-state index in [2.05, 4.69) is 15.2 Å². The van der Waals surface area contributed by atoms with Crippen molar-refractivity contribution in [1.82, 2.24) is 4.98 Å². The highest BCUT2D eigenvalue weighted by Gasteiger charge is 2.13. The summed E-state index contributed by atoms with van der Waals surface area (Å²) in [6.07, 6.45) is 0. The van der Waals surface area contributed by atoms with Gasteiger partial charge in [0.15, 0.2) is 5.69 Å². The second kappa shape index (κ2) is 5.35. The van der Waals surface area contributed by atoms with Crippen LogP contribution in [0.1, 0.15) is 0 Å². The van der Waals surface area contributed by atoms with Gasteiger partial charge in [0.2, 0.25) is 5.88 Å². The normalized spacial score (nSPS) is 11.6. The fraction of sp³-hybridized carbons (Fsp3) is 0. The summed E-state index contributed by atoms with van der Waals surface area (Å²) < 4.78 is 13.5. The first-order chi connectivity index (χ1) is 10.0. The standard InChI is InChI=1S/C14H8Cl2FN3O/c15-7-1-3-8(4-2-7)19-20-13-9-5-11(17)10(16)6-12(9)18-14(13)21/h1-6,18,21H. The third kappa shape index (κ3) is 2.70. The number of aromatic nitrogens is 1. The van der Waals surface area contributed by atoms with Gasteiger partial charge in [0.1, 0.15) is 5.82 Å². The summed E-state index contributed by atoms with van der Waals surface area (Å²) in [5, 5.41) is 18.7. The number of aromatic amines is 1. The van der Waals surface area contributed by atoms with Gasteiger partial charge in [-0.15, -0.1) is 5.11 Å². The summed E-state index contributed by atoms with van der Waals surface area (Å²) in [6.45, 7) is 0. The smallest absolute Gasteiger partial charge is 0.218 e. The van der Waals surface area contributed by atoms with Crippen molar-refractivity contribution in [2.45, 2.75) is 0 Å². The molecule has 0 atom stereocenters. The predicted molar refractivity (Wildman–Crippen MR) is 80.6 cm³/mol. The Morgan fingerprint density at radius 1 is 1.05 bits per heavy atom. The second-order valence-corrected chi connectivity index (χ2v) is 5.15. The molecule has 0 amide bonds. The molecular weight excluding hydrogens is 316 g/mol. The molecule has 0 unspecified atom stereocenters. The average molecular weight is 324 g/mol. The van der Waals surface area contributed by atoms with Crippen LogP contribution >= 0.6 is 23.2 Å². The van der Waals surface area contributed by atoms with Crippen LogP contribution in [-0.4, -0.2) is 10.1 Å². The molecule has 4 nitrogen and oxygen atoms in total. The van der Waals surface area contributed by atoms with E-state index in [1.54, 1.807) is 24.3 Å². The Morgan fingerprint density at radius 3 is 2.48 bits per heavy atom. The number of nitrogens with one attached hydrogen (secondary N) is 1. The Labute approximate surface area is 128 Å². The number of halogens is 3. The molecule has 0 spiro atoms. The molecule has 1 heterocycles. The third-order valence-corrected chi connectivity index (χ3v) is 3.43. The highest BCUT2D eigenvalue weighted by Crippen LogP contribution is 2.38. The predicted octanol–water partition coefficient (Wildman–Crippen LogP) is 5.73. The van der Waals surface area contributed by atoms with Gasteiger partial charge in [-0.2, -0.15) is 5.11 Å². The van der Waals surface area contributed by atoms with Gasteiger partial charge in [0, 0.05) is 10.4 Å². The lowest BCUT2D eigenvalue weighted by Crippen LogP contribution is -1.76. The number of benzene rings is 2. The van der Waals surface area contributed by atoms with Crippen LogP contribution < -0.4 is 0 Å². The van der Waals surface area contributed by atoms with Gasteiger partial charge in [-0.3, -0.25) is 0 Å². The van der Waals surface area contributed by atoms with E-state index in [0.717, 1.165) is 0 Å². The Kier molecular flexibility index (Phi) is 3.53. The van der Waals surface area contributed by atoms with Crippen molar-refractivity contribution in [3.63, 3.8) is 0 Å². The molecule has 3 aromatic rings. The van der Waals surface area contributed by atoms with Crippen LogP contribution in [0.2, 0.25) is 10.0 Å². The van der Waals surface area contributed by atoms with Crippen molar-refractivity contribution in [3.8, 4) is 5.88 Å². The highest BCUT2D eigenvalue weighted by molar-refractivity contribution is 6.31. The van der Waals surface area contributed by atoms with E-state index in [0.29, 0.717) is 21.6 Å². The number of fused-ring (bicyclic) bond motifs is 1. The monoisotopic (exact) mass is 323 g/mol. The number of H-pyrrole nitrogens is 1. The SMILES string of the molecule is Oc1[nH]c2cc(Cl)c(F)cc2c1N=Nc1ccc(Cl)cc1. The van der Waals surface area contributed by atoms with Crippen molar-refractivity contribution >= 4 is 45.5 Å². The van der Waals surface area contributed by atoms with Crippen molar-refractivity contribution < 1.29 is 9.50 Å². The molecule has 2 N–H and O–H groups in total. The minimum absolute atomic E-state index is 0.0371. The van der Waals surface area contributed by atoms with Gasteiger partial charge >= 0.3 is 0 Å². The number of azo groups is 1. The summed E-state index contributed by atoms with van der Waals surface area (Å²) in [4.78, 5) is 2.67. The molecular formula is C14H8Cl2FN3O. The van der Waals surface area contributed by atoms with Gasteiger partial charge < -0.3 is 10.1 Å². The van der Waals surface area contributed by atoms with Crippen molar-refractivity contribution in [2.24, 2.45) is 10.2 Å². The highest BCUT2D eigenvalue weighted by atomic mass is 35.5. The van der Waals surface area contributed by atoms with Crippen LogP contribution in [-0.2, 0) is 0 Å².